The Labute approximate surface area is 170 Å². The molecule has 1 N–H and O–H groups in total. The van der Waals surface area contributed by atoms with Gasteiger partial charge in [-0.2, -0.15) is 0 Å². The third-order valence-electron chi connectivity index (χ3n) is 4.18. The molecule has 0 spiro atoms. The summed E-state index contributed by atoms with van der Waals surface area (Å²) >= 11 is 2.81. The van der Waals surface area contributed by atoms with Crippen LogP contribution in [0.1, 0.15) is 0 Å². The van der Waals surface area contributed by atoms with Gasteiger partial charge in [-0.05, 0) is 12.1 Å². The Morgan fingerprint density at radius 2 is 2.00 bits per heavy atom. The Kier molecular flexibility index (Phi) is 6.82. The summed E-state index contributed by atoms with van der Waals surface area (Å²) in [6.07, 6.45) is 1.74. The summed E-state index contributed by atoms with van der Waals surface area (Å²) in [5.74, 6) is 0.400. The van der Waals surface area contributed by atoms with E-state index in [1.807, 2.05) is 4.90 Å². The fraction of sp³-hybridized carbons (Fsp3) is 0.353. The maximum Gasteiger partial charge on any atom is 0.269 e. The van der Waals surface area contributed by atoms with Crippen molar-refractivity contribution in [1.82, 2.24) is 15.1 Å². The van der Waals surface area contributed by atoms with Crippen LogP contribution in [0.4, 0.5) is 16.5 Å². The van der Waals surface area contributed by atoms with Crippen LogP contribution in [0.25, 0.3) is 0 Å². The third kappa shape index (κ3) is 5.20. The van der Waals surface area contributed by atoms with E-state index in [2.05, 4.69) is 27.0 Å². The number of hydrogen-bond acceptors (Lipinski definition) is 9. The molecule has 0 aliphatic carbocycles. The number of nitro benzene ring substituents is 1. The summed E-state index contributed by atoms with van der Waals surface area (Å²) < 4.78 is 0.754. The van der Waals surface area contributed by atoms with Gasteiger partial charge in [0.15, 0.2) is 4.34 Å². The number of nitro groups is 1. The molecular weight excluding hydrogens is 400 g/mol. The van der Waals surface area contributed by atoms with Crippen molar-refractivity contribution in [3.63, 3.8) is 0 Å². The van der Waals surface area contributed by atoms with Gasteiger partial charge in [-0.25, -0.2) is 0 Å². The molecule has 2 heterocycles. The van der Waals surface area contributed by atoms with Gasteiger partial charge in [-0.3, -0.25) is 14.9 Å². The van der Waals surface area contributed by atoms with Gasteiger partial charge in [0.1, 0.15) is 0 Å². The first kappa shape index (κ1) is 20.1. The second kappa shape index (κ2) is 9.51. The summed E-state index contributed by atoms with van der Waals surface area (Å²) in [5.41, 5.74) is 1.01. The predicted octanol–water partition coefficient (Wildman–Crippen LogP) is 2.49. The van der Waals surface area contributed by atoms with E-state index in [0.29, 0.717) is 43.6 Å². The highest BCUT2D eigenvalue weighted by atomic mass is 32.2. The Bertz CT molecular complexity index is 834. The van der Waals surface area contributed by atoms with Crippen LogP contribution in [0.2, 0.25) is 0 Å². The van der Waals surface area contributed by atoms with Crippen LogP contribution in [0, 0.1) is 10.1 Å². The molecule has 0 radical (unpaired) electrons. The Morgan fingerprint density at radius 1 is 1.29 bits per heavy atom. The predicted molar refractivity (Wildman–Crippen MR) is 111 cm³/mol. The summed E-state index contributed by atoms with van der Waals surface area (Å²) in [4.78, 5) is 26.8. The van der Waals surface area contributed by atoms with Crippen molar-refractivity contribution in [2.24, 2.45) is 0 Å². The van der Waals surface area contributed by atoms with Gasteiger partial charge in [0, 0.05) is 50.5 Å². The van der Waals surface area contributed by atoms with Crippen molar-refractivity contribution in [2.45, 2.75) is 4.34 Å². The molecule has 0 unspecified atom stereocenters. The van der Waals surface area contributed by atoms with Crippen molar-refractivity contribution in [3.8, 4) is 0 Å². The maximum atomic E-state index is 12.5. The average molecular weight is 421 g/mol. The maximum absolute atomic E-state index is 12.5. The van der Waals surface area contributed by atoms with Crippen LogP contribution in [-0.4, -0.2) is 64.4 Å². The summed E-state index contributed by atoms with van der Waals surface area (Å²) in [6, 6.07) is 6.51. The first-order valence-corrected chi connectivity index (χ1v) is 10.5. The number of carbonyl (C=O) groups excluding carboxylic acids is 1. The lowest BCUT2D eigenvalue weighted by atomic mass is 10.2. The van der Waals surface area contributed by atoms with E-state index in [9.17, 15) is 14.9 Å². The number of piperazine rings is 1. The number of benzene rings is 1. The number of anilines is 2. The standard InChI is InChI=1S/C17H20N6O3S2/c1-2-7-18-16-19-20-17(28-16)27-12-15(24)22-10-8-21(9-11-22)13-3-5-14(6-4-13)23(25)26/h2-6H,1,7-12H2,(H,18,19). The highest BCUT2D eigenvalue weighted by Gasteiger charge is 2.22. The quantitative estimate of drug-likeness (QED) is 0.301. The molecule has 1 aromatic carbocycles. The van der Waals surface area contributed by atoms with E-state index < -0.39 is 4.92 Å². The minimum atomic E-state index is -0.408. The number of nitrogens with zero attached hydrogens (tertiary/aromatic N) is 5. The van der Waals surface area contributed by atoms with Gasteiger partial charge in [0.05, 0.1) is 10.7 Å². The monoisotopic (exact) mass is 420 g/mol. The molecule has 2 aromatic rings. The molecule has 0 bridgehead atoms. The second-order valence-electron chi connectivity index (χ2n) is 5.97. The van der Waals surface area contributed by atoms with Crippen molar-refractivity contribution >= 4 is 45.5 Å². The molecule has 1 fully saturated rings. The van der Waals surface area contributed by atoms with Gasteiger partial charge >= 0.3 is 0 Å². The van der Waals surface area contributed by atoms with E-state index in [4.69, 9.17) is 0 Å². The van der Waals surface area contributed by atoms with E-state index in [-0.39, 0.29) is 11.6 Å². The average Bonchev–Trinajstić information content (AvgIpc) is 3.18. The number of carbonyl (C=O) groups is 1. The third-order valence-corrected chi connectivity index (χ3v) is 6.18. The van der Waals surface area contributed by atoms with Crippen molar-refractivity contribution in [3.05, 3.63) is 47.0 Å². The van der Waals surface area contributed by atoms with E-state index in [0.717, 1.165) is 10.0 Å². The zero-order valence-electron chi connectivity index (χ0n) is 15.1. The minimum absolute atomic E-state index is 0.0733. The smallest absolute Gasteiger partial charge is 0.269 e. The van der Waals surface area contributed by atoms with Crippen LogP contribution in [0.5, 0.6) is 0 Å². The van der Waals surface area contributed by atoms with Crippen LogP contribution in [0.15, 0.2) is 41.3 Å². The lowest BCUT2D eigenvalue weighted by Gasteiger charge is -2.36. The molecule has 1 aliphatic rings. The molecule has 11 heteroatoms. The minimum Gasteiger partial charge on any atom is -0.368 e. The molecule has 0 saturated carbocycles. The first-order valence-electron chi connectivity index (χ1n) is 8.65. The van der Waals surface area contributed by atoms with Crippen LogP contribution >= 0.6 is 23.1 Å². The fourth-order valence-electron chi connectivity index (χ4n) is 2.71. The van der Waals surface area contributed by atoms with Crippen LogP contribution in [0.3, 0.4) is 0 Å². The summed E-state index contributed by atoms with van der Waals surface area (Å²) in [6.45, 7) is 6.90. The second-order valence-corrected chi connectivity index (χ2v) is 8.17. The number of nitrogens with one attached hydrogen (secondary N) is 1. The van der Waals surface area contributed by atoms with Crippen molar-refractivity contribution in [1.29, 1.82) is 0 Å². The largest absolute Gasteiger partial charge is 0.368 e. The molecule has 28 heavy (non-hydrogen) atoms. The summed E-state index contributed by atoms with van der Waals surface area (Å²) in [5, 5.41) is 22.6. The molecule has 148 valence electrons. The Balaban J connectivity index is 1.45. The highest BCUT2D eigenvalue weighted by molar-refractivity contribution is 8.01. The SMILES string of the molecule is C=CCNc1nnc(SCC(=O)N2CCN(c3ccc([N+](=O)[O-])cc3)CC2)s1. The number of aromatic nitrogens is 2. The molecule has 0 atom stereocenters. The van der Waals surface area contributed by atoms with Gasteiger partial charge < -0.3 is 15.1 Å². The molecular formula is C17H20N6O3S2. The number of amides is 1. The Morgan fingerprint density at radius 3 is 2.64 bits per heavy atom. The lowest BCUT2D eigenvalue weighted by molar-refractivity contribution is -0.384. The van der Waals surface area contributed by atoms with E-state index >= 15 is 0 Å². The zero-order chi connectivity index (χ0) is 19.9. The van der Waals surface area contributed by atoms with Crippen LogP contribution < -0.4 is 10.2 Å². The van der Waals surface area contributed by atoms with Crippen molar-refractivity contribution < 1.29 is 9.72 Å². The fourth-order valence-corrected chi connectivity index (χ4v) is 4.37. The molecule has 9 nitrogen and oxygen atoms in total. The first-order chi connectivity index (χ1) is 13.6. The van der Waals surface area contributed by atoms with Gasteiger partial charge in [0.2, 0.25) is 11.0 Å². The molecule has 3 rings (SSSR count). The highest BCUT2D eigenvalue weighted by Crippen LogP contribution is 2.26. The molecule has 1 aliphatic heterocycles. The molecule has 1 amide bonds. The lowest BCUT2D eigenvalue weighted by Crippen LogP contribution is -2.49. The normalized spacial score (nSPS) is 14.0. The Hall–Kier alpha value is -2.66. The van der Waals surface area contributed by atoms with E-state index in [1.54, 1.807) is 18.2 Å². The van der Waals surface area contributed by atoms with Crippen LogP contribution in [-0.2, 0) is 4.79 Å². The number of rotatable bonds is 8. The number of hydrogen-bond donors (Lipinski definition) is 1. The topological polar surface area (TPSA) is 104 Å². The van der Waals surface area contributed by atoms with Gasteiger partial charge in [0.25, 0.3) is 5.69 Å². The molecule has 1 saturated heterocycles. The van der Waals surface area contributed by atoms with E-state index in [1.165, 1.54) is 35.2 Å². The molecule has 1 aromatic heterocycles. The number of thioether (sulfide) groups is 1. The summed E-state index contributed by atoms with van der Waals surface area (Å²) in [7, 11) is 0. The van der Waals surface area contributed by atoms with Gasteiger partial charge in [-0.15, -0.1) is 16.8 Å². The van der Waals surface area contributed by atoms with Gasteiger partial charge in [-0.1, -0.05) is 29.2 Å². The van der Waals surface area contributed by atoms with Crippen molar-refractivity contribution in [2.75, 3.05) is 48.7 Å². The number of non-ortho nitro benzene ring substituents is 1. The zero-order valence-corrected chi connectivity index (χ0v) is 16.7.